The molecule has 1 amide bonds. The number of ether oxygens (including phenoxy) is 1. The average molecular weight is 401 g/mol. The van der Waals surface area contributed by atoms with Gasteiger partial charge in [-0.1, -0.05) is 44.2 Å². The molecule has 0 fully saturated rings. The van der Waals surface area contributed by atoms with Crippen LogP contribution in [0.4, 0.5) is 5.69 Å². The highest BCUT2D eigenvalue weighted by molar-refractivity contribution is 5.88. The first-order valence-corrected chi connectivity index (χ1v) is 9.96. The highest BCUT2D eigenvalue weighted by atomic mass is 16.5. The van der Waals surface area contributed by atoms with Gasteiger partial charge in [-0.15, -0.1) is 0 Å². The highest BCUT2D eigenvalue weighted by Crippen LogP contribution is 2.18. The number of nitrogens with one attached hydrogen (secondary N) is 1. The number of nitrogens with zero attached hydrogens (tertiary/aromatic N) is 1. The third-order valence-electron chi connectivity index (χ3n) is 4.72. The molecule has 0 heterocycles. The Morgan fingerprint density at radius 3 is 2.31 bits per heavy atom. The maximum atomic E-state index is 11.1. The van der Waals surface area contributed by atoms with Gasteiger partial charge in [0.05, 0.1) is 6.61 Å². The number of anilines is 1. The molecular weight excluding hydrogens is 368 g/mol. The van der Waals surface area contributed by atoms with Gasteiger partial charge in [0, 0.05) is 31.7 Å². The van der Waals surface area contributed by atoms with E-state index in [1.54, 1.807) is 24.3 Å². The molecule has 2 unspecified atom stereocenters. The van der Waals surface area contributed by atoms with Crippen LogP contribution >= 0.6 is 0 Å². The zero-order chi connectivity index (χ0) is 21.2. The second-order valence-corrected chi connectivity index (χ2v) is 7.58. The van der Waals surface area contributed by atoms with Crippen molar-refractivity contribution in [2.24, 2.45) is 5.92 Å². The molecule has 2 rings (SSSR count). The molecule has 6 nitrogen and oxygen atoms in total. The molecule has 158 valence electrons. The molecule has 2 aromatic carbocycles. The summed E-state index contributed by atoms with van der Waals surface area (Å²) in [6.07, 6.45) is -0.707. The summed E-state index contributed by atoms with van der Waals surface area (Å²) in [7, 11) is 0. The molecule has 0 saturated carbocycles. The fourth-order valence-corrected chi connectivity index (χ4v) is 3.24. The summed E-state index contributed by atoms with van der Waals surface area (Å²) >= 11 is 0. The Bertz CT molecular complexity index is 734. The van der Waals surface area contributed by atoms with Crippen LogP contribution in [0, 0.1) is 5.92 Å². The van der Waals surface area contributed by atoms with Gasteiger partial charge in [0.1, 0.15) is 18.5 Å². The average Bonchev–Trinajstić information content (AvgIpc) is 2.68. The summed E-state index contributed by atoms with van der Waals surface area (Å²) in [6.45, 7) is 6.80. The minimum atomic E-state index is -0.707. The molecule has 6 heteroatoms. The number of hydrogen-bond donors (Lipinski definition) is 3. The maximum Gasteiger partial charge on any atom is 0.221 e. The van der Waals surface area contributed by atoms with Crippen LogP contribution in [0.25, 0.3) is 0 Å². The molecule has 2 aromatic rings. The number of aliphatic hydroxyl groups excluding tert-OH is 2. The zero-order valence-electron chi connectivity index (χ0n) is 17.4. The van der Waals surface area contributed by atoms with Gasteiger partial charge in [-0.05, 0) is 35.7 Å². The first-order valence-electron chi connectivity index (χ1n) is 9.96. The number of carbonyl (C=O) groups is 1. The lowest BCUT2D eigenvalue weighted by atomic mass is 10.0. The third-order valence-corrected chi connectivity index (χ3v) is 4.72. The molecule has 0 bridgehead atoms. The van der Waals surface area contributed by atoms with Crippen molar-refractivity contribution in [1.29, 1.82) is 0 Å². The van der Waals surface area contributed by atoms with Crippen LogP contribution in [0.2, 0.25) is 0 Å². The topological polar surface area (TPSA) is 82.0 Å². The van der Waals surface area contributed by atoms with Gasteiger partial charge in [0.2, 0.25) is 5.91 Å². The van der Waals surface area contributed by atoms with E-state index in [0.29, 0.717) is 24.5 Å². The zero-order valence-corrected chi connectivity index (χ0v) is 17.4. The number of benzene rings is 2. The van der Waals surface area contributed by atoms with E-state index in [0.717, 1.165) is 5.56 Å². The number of amides is 1. The summed E-state index contributed by atoms with van der Waals surface area (Å²) in [6, 6.07) is 17.0. The smallest absolute Gasteiger partial charge is 0.221 e. The summed E-state index contributed by atoms with van der Waals surface area (Å²) in [5.41, 5.74) is 1.83. The molecule has 2 atom stereocenters. The van der Waals surface area contributed by atoms with Gasteiger partial charge in [-0.25, -0.2) is 0 Å². The van der Waals surface area contributed by atoms with Crippen LogP contribution in [0.15, 0.2) is 54.6 Å². The molecule has 0 aliphatic heterocycles. The molecule has 3 N–H and O–H groups in total. The number of rotatable bonds is 11. The second-order valence-electron chi connectivity index (χ2n) is 7.58. The van der Waals surface area contributed by atoms with E-state index in [2.05, 4.69) is 24.1 Å². The van der Waals surface area contributed by atoms with Gasteiger partial charge in [0.15, 0.2) is 0 Å². The Morgan fingerprint density at radius 2 is 1.76 bits per heavy atom. The van der Waals surface area contributed by atoms with E-state index in [-0.39, 0.29) is 31.1 Å². The summed E-state index contributed by atoms with van der Waals surface area (Å²) < 4.78 is 5.70. The van der Waals surface area contributed by atoms with Crippen LogP contribution in [0.3, 0.4) is 0 Å². The van der Waals surface area contributed by atoms with E-state index >= 15 is 0 Å². The van der Waals surface area contributed by atoms with Crippen molar-refractivity contribution in [3.8, 4) is 5.75 Å². The summed E-state index contributed by atoms with van der Waals surface area (Å²) in [5, 5.41) is 23.1. The van der Waals surface area contributed by atoms with Crippen molar-refractivity contribution in [1.82, 2.24) is 4.90 Å². The lowest BCUT2D eigenvalue weighted by molar-refractivity contribution is -0.114. The first-order chi connectivity index (χ1) is 13.9. The van der Waals surface area contributed by atoms with Crippen molar-refractivity contribution in [3.05, 3.63) is 60.2 Å². The van der Waals surface area contributed by atoms with Crippen molar-refractivity contribution in [2.45, 2.75) is 39.5 Å². The Kier molecular flexibility index (Phi) is 9.12. The molecule has 0 aromatic heterocycles. The highest BCUT2D eigenvalue weighted by Gasteiger charge is 2.24. The van der Waals surface area contributed by atoms with Gasteiger partial charge in [0.25, 0.3) is 0 Å². The monoisotopic (exact) mass is 400 g/mol. The number of aliphatic hydroxyl groups is 2. The van der Waals surface area contributed by atoms with E-state index in [4.69, 9.17) is 4.74 Å². The van der Waals surface area contributed by atoms with E-state index in [1.807, 2.05) is 30.3 Å². The van der Waals surface area contributed by atoms with Gasteiger partial charge in [-0.3, -0.25) is 9.69 Å². The molecule has 0 saturated heterocycles. The van der Waals surface area contributed by atoms with Crippen molar-refractivity contribution in [2.75, 3.05) is 25.1 Å². The molecule has 0 aliphatic carbocycles. The lowest BCUT2D eigenvalue weighted by Gasteiger charge is -2.34. The van der Waals surface area contributed by atoms with Crippen molar-refractivity contribution < 1.29 is 19.7 Å². The quantitative estimate of drug-likeness (QED) is 0.540. The van der Waals surface area contributed by atoms with E-state index < -0.39 is 6.10 Å². The molecular formula is C23H32N2O4. The number of carbonyl (C=O) groups excluding carboxylic acids is 1. The van der Waals surface area contributed by atoms with Crippen molar-refractivity contribution >= 4 is 11.6 Å². The van der Waals surface area contributed by atoms with Crippen LogP contribution in [-0.4, -0.2) is 52.9 Å². The number of hydrogen-bond acceptors (Lipinski definition) is 5. The lowest BCUT2D eigenvalue weighted by Crippen LogP contribution is -2.46. The van der Waals surface area contributed by atoms with Crippen LogP contribution in [0.1, 0.15) is 26.3 Å². The van der Waals surface area contributed by atoms with E-state index in [9.17, 15) is 15.0 Å². The van der Waals surface area contributed by atoms with Gasteiger partial charge >= 0.3 is 0 Å². The SMILES string of the molecule is CC(=O)Nc1ccc(OCC(O)CN(Cc2ccccc2)C(CO)C(C)C)cc1. The Balaban J connectivity index is 1.95. The normalized spacial score (nSPS) is 13.3. The maximum absolute atomic E-state index is 11.1. The van der Waals surface area contributed by atoms with E-state index in [1.165, 1.54) is 6.92 Å². The fourth-order valence-electron chi connectivity index (χ4n) is 3.24. The molecule has 0 spiro atoms. The Labute approximate surface area is 173 Å². The summed E-state index contributed by atoms with van der Waals surface area (Å²) in [4.78, 5) is 13.2. The first kappa shape index (κ1) is 22.9. The standard InChI is InChI=1S/C23H32N2O4/c1-17(2)23(15-26)25(13-19-7-5-4-6-8-19)14-21(28)16-29-22-11-9-20(10-12-22)24-18(3)27/h4-12,17,21,23,26,28H,13-16H2,1-3H3,(H,24,27). The third kappa shape index (κ3) is 7.85. The second kappa shape index (κ2) is 11.6. The largest absolute Gasteiger partial charge is 0.491 e. The Hall–Kier alpha value is -2.41. The van der Waals surface area contributed by atoms with Crippen LogP contribution in [-0.2, 0) is 11.3 Å². The molecule has 0 radical (unpaired) electrons. The summed E-state index contributed by atoms with van der Waals surface area (Å²) in [5.74, 6) is 0.740. The predicted octanol–water partition coefficient (Wildman–Crippen LogP) is 2.90. The minimum absolute atomic E-state index is 0.0304. The van der Waals surface area contributed by atoms with Gasteiger partial charge in [-0.2, -0.15) is 0 Å². The van der Waals surface area contributed by atoms with Crippen LogP contribution < -0.4 is 10.1 Å². The van der Waals surface area contributed by atoms with Gasteiger partial charge < -0.3 is 20.3 Å². The minimum Gasteiger partial charge on any atom is -0.491 e. The fraction of sp³-hybridized carbons (Fsp3) is 0.435. The van der Waals surface area contributed by atoms with Crippen molar-refractivity contribution in [3.63, 3.8) is 0 Å². The Morgan fingerprint density at radius 1 is 1.10 bits per heavy atom. The predicted molar refractivity (Wildman–Crippen MR) is 115 cm³/mol. The molecule has 29 heavy (non-hydrogen) atoms. The molecule has 0 aliphatic rings. The van der Waals surface area contributed by atoms with Crippen LogP contribution in [0.5, 0.6) is 5.75 Å².